The summed E-state index contributed by atoms with van der Waals surface area (Å²) in [5.74, 6) is -0.586. The van der Waals surface area contributed by atoms with Crippen molar-refractivity contribution in [2.45, 2.75) is 51.2 Å². The molecule has 1 atom stereocenters. The van der Waals surface area contributed by atoms with Gasteiger partial charge in [-0.15, -0.1) is 0 Å². The molecule has 1 N–H and O–H groups in total. The average molecular weight is 469 g/mol. The third-order valence-corrected chi connectivity index (χ3v) is 6.81. The molecule has 5 nitrogen and oxygen atoms in total. The van der Waals surface area contributed by atoms with Crippen LogP contribution in [0.15, 0.2) is 42.5 Å². The second-order valence-corrected chi connectivity index (χ2v) is 9.99. The Labute approximate surface area is 186 Å². The second kappa shape index (κ2) is 9.52. The predicted molar refractivity (Wildman–Crippen MR) is 118 cm³/mol. The summed E-state index contributed by atoms with van der Waals surface area (Å²) in [4.78, 5) is 12.7. The normalized spacial score (nSPS) is 15.0. The van der Waals surface area contributed by atoms with Gasteiger partial charge in [0.05, 0.1) is 23.5 Å². The Morgan fingerprint density at radius 2 is 1.78 bits per heavy atom. The third-order valence-electron chi connectivity index (χ3n) is 5.67. The van der Waals surface area contributed by atoms with E-state index in [2.05, 4.69) is 17.4 Å². The highest BCUT2D eigenvalue weighted by molar-refractivity contribution is 7.92. The van der Waals surface area contributed by atoms with Gasteiger partial charge in [0.2, 0.25) is 15.9 Å². The smallest absolute Gasteiger partial charge is 0.348 e. The number of fused-ring (bicyclic) bond motifs is 1. The van der Waals surface area contributed by atoms with Gasteiger partial charge in [0.25, 0.3) is 0 Å². The van der Waals surface area contributed by atoms with Crippen molar-refractivity contribution < 1.29 is 26.4 Å². The number of hydrogen-bond acceptors (Lipinski definition) is 3. The van der Waals surface area contributed by atoms with Crippen molar-refractivity contribution in [1.29, 1.82) is 0 Å². The maximum absolute atomic E-state index is 13.1. The number of anilines is 1. The van der Waals surface area contributed by atoms with Crippen LogP contribution in [-0.4, -0.2) is 27.1 Å². The fourth-order valence-electron chi connectivity index (χ4n) is 4.00. The van der Waals surface area contributed by atoms with E-state index in [0.29, 0.717) is 10.7 Å². The largest absolute Gasteiger partial charge is 0.416 e. The first-order valence-electron chi connectivity index (χ1n) is 10.5. The minimum Gasteiger partial charge on any atom is -0.348 e. The van der Waals surface area contributed by atoms with E-state index < -0.39 is 34.2 Å². The number of nitrogens with one attached hydrogen (secondary N) is 1. The second-order valence-electron chi connectivity index (χ2n) is 8.08. The average Bonchev–Trinajstić information content (AvgIpc) is 2.74. The molecule has 0 fully saturated rings. The molecule has 0 spiro atoms. The Balaban J connectivity index is 1.80. The molecule has 9 heteroatoms. The lowest BCUT2D eigenvalue weighted by Gasteiger charge is -2.25. The van der Waals surface area contributed by atoms with Crippen molar-refractivity contribution >= 4 is 21.6 Å². The molecule has 2 aromatic rings. The Kier molecular flexibility index (Phi) is 7.17. The lowest BCUT2D eigenvalue weighted by atomic mass is 9.89. The SMILES string of the molecule is CC[C@H](NC(=O)CN(c1cccc(C(F)(F)F)c1)S(C)(=O)=O)c1ccc2c(c1)CCCC2. The lowest BCUT2D eigenvalue weighted by molar-refractivity contribution is -0.137. The first kappa shape index (κ1) is 24.1. The number of hydrogen-bond donors (Lipinski definition) is 1. The highest BCUT2D eigenvalue weighted by Gasteiger charge is 2.32. The Morgan fingerprint density at radius 3 is 2.41 bits per heavy atom. The van der Waals surface area contributed by atoms with Crippen LogP contribution in [0.4, 0.5) is 18.9 Å². The van der Waals surface area contributed by atoms with Crippen molar-refractivity contribution in [2.24, 2.45) is 0 Å². The number of alkyl halides is 3. The maximum atomic E-state index is 13.1. The maximum Gasteiger partial charge on any atom is 0.416 e. The number of carbonyl (C=O) groups is 1. The summed E-state index contributed by atoms with van der Waals surface area (Å²) in [5, 5.41) is 2.84. The van der Waals surface area contributed by atoms with Crippen molar-refractivity contribution in [3.05, 3.63) is 64.7 Å². The van der Waals surface area contributed by atoms with E-state index in [1.165, 1.54) is 17.2 Å². The van der Waals surface area contributed by atoms with E-state index in [9.17, 15) is 26.4 Å². The molecule has 0 saturated carbocycles. The van der Waals surface area contributed by atoms with Gasteiger partial charge < -0.3 is 5.32 Å². The van der Waals surface area contributed by atoms with Gasteiger partial charge in [-0.1, -0.05) is 31.2 Å². The molecule has 32 heavy (non-hydrogen) atoms. The quantitative estimate of drug-likeness (QED) is 0.645. The van der Waals surface area contributed by atoms with Crippen LogP contribution in [0.2, 0.25) is 0 Å². The van der Waals surface area contributed by atoms with Gasteiger partial charge in [-0.3, -0.25) is 9.10 Å². The van der Waals surface area contributed by atoms with Crippen LogP contribution in [0.25, 0.3) is 0 Å². The number of carbonyl (C=O) groups excluding carboxylic acids is 1. The zero-order chi connectivity index (χ0) is 23.5. The van der Waals surface area contributed by atoms with Gasteiger partial charge in [0.15, 0.2) is 0 Å². The van der Waals surface area contributed by atoms with Crippen LogP contribution in [0.1, 0.15) is 54.5 Å². The van der Waals surface area contributed by atoms with Gasteiger partial charge >= 0.3 is 6.18 Å². The van der Waals surface area contributed by atoms with Crippen molar-refractivity contribution in [3.63, 3.8) is 0 Å². The van der Waals surface area contributed by atoms with Crippen molar-refractivity contribution in [3.8, 4) is 0 Å². The summed E-state index contributed by atoms with van der Waals surface area (Å²) >= 11 is 0. The summed E-state index contributed by atoms with van der Waals surface area (Å²) in [6.07, 6.45) is 1.15. The first-order valence-corrected chi connectivity index (χ1v) is 12.4. The molecule has 0 bridgehead atoms. The minimum atomic E-state index is -4.62. The number of sulfonamides is 1. The Hall–Kier alpha value is -2.55. The minimum absolute atomic E-state index is 0.209. The highest BCUT2D eigenvalue weighted by atomic mass is 32.2. The van der Waals surface area contributed by atoms with Gasteiger partial charge in [0.1, 0.15) is 6.54 Å². The van der Waals surface area contributed by atoms with Crippen LogP contribution in [0.5, 0.6) is 0 Å². The number of benzene rings is 2. The van der Waals surface area contributed by atoms with Crippen LogP contribution in [-0.2, 0) is 33.8 Å². The van der Waals surface area contributed by atoms with Gasteiger partial charge in [-0.05, 0) is 67.0 Å². The Morgan fingerprint density at radius 1 is 1.09 bits per heavy atom. The molecule has 1 amide bonds. The molecule has 0 unspecified atom stereocenters. The van der Waals surface area contributed by atoms with Crippen molar-refractivity contribution in [1.82, 2.24) is 5.32 Å². The van der Waals surface area contributed by atoms with Crippen LogP contribution < -0.4 is 9.62 Å². The van der Waals surface area contributed by atoms with E-state index >= 15 is 0 Å². The summed E-state index contributed by atoms with van der Waals surface area (Å²) in [7, 11) is -3.99. The predicted octanol–water partition coefficient (Wildman–Crippen LogP) is 4.62. The van der Waals surface area contributed by atoms with E-state index in [-0.39, 0.29) is 11.7 Å². The molecular weight excluding hydrogens is 441 g/mol. The van der Waals surface area contributed by atoms with E-state index in [1.807, 2.05) is 13.0 Å². The zero-order valence-electron chi connectivity index (χ0n) is 18.1. The van der Waals surface area contributed by atoms with Gasteiger partial charge in [-0.2, -0.15) is 13.2 Å². The van der Waals surface area contributed by atoms with E-state index in [4.69, 9.17) is 0 Å². The summed E-state index contributed by atoms with van der Waals surface area (Å²) in [6.45, 7) is 1.30. The molecule has 0 aromatic heterocycles. The number of halogens is 3. The molecule has 0 heterocycles. The monoisotopic (exact) mass is 468 g/mol. The van der Waals surface area contributed by atoms with E-state index in [1.54, 1.807) is 0 Å². The molecule has 0 aliphatic heterocycles. The number of nitrogens with zero attached hydrogens (tertiary/aromatic N) is 1. The molecule has 0 saturated heterocycles. The molecule has 1 aliphatic rings. The molecule has 174 valence electrons. The number of aryl methyl sites for hydroxylation is 2. The summed E-state index contributed by atoms with van der Waals surface area (Å²) < 4.78 is 64.5. The molecule has 0 radical (unpaired) electrons. The van der Waals surface area contributed by atoms with Crippen LogP contribution >= 0.6 is 0 Å². The van der Waals surface area contributed by atoms with Gasteiger partial charge in [0, 0.05) is 0 Å². The fraction of sp³-hybridized carbons (Fsp3) is 0.435. The summed E-state index contributed by atoms with van der Waals surface area (Å²) in [6, 6.07) is 9.76. The Bertz CT molecular complexity index is 1080. The van der Waals surface area contributed by atoms with Crippen LogP contribution in [0, 0.1) is 0 Å². The fourth-order valence-corrected chi connectivity index (χ4v) is 4.85. The molecule has 2 aromatic carbocycles. The topological polar surface area (TPSA) is 66.5 Å². The molecule has 1 aliphatic carbocycles. The third kappa shape index (κ3) is 5.82. The number of rotatable bonds is 7. The van der Waals surface area contributed by atoms with Crippen LogP contribution in [0.3, 0.4) is 0 Å². The first-order chi connectivity index (χ1) is 15.0. The molecule has 3 rings (SSSR count). The van der Waals surface area contributed by atoms with Crippen molar-refractivity contribution in [2.75, 3.05) is 17.1 Å². The van der Waals surface area contributed by atoms with Gasteiger partial charge in [-0.25, -0.2) is 8.42 Å². The zero-order valence-corrected chi connectivity index (χ0v) is 18.9. The lowest BCUT2D eigenvalue weighted by Crippen LogP contribution is -2.41. The molecular formula is C23H27F3N2O3S. The standard InChI is InChI=1S/C23H27F3N2O3S/c1-3-21(18-12-11-16-7-4-5-8-17(16)13-18)27-22(29)15-28(32(2,30)31)20-10-6-9-19(14-20)23(24,25)26/h6,9-14,21H,3-5,7-8,15H2,1-2H3,(H,27,29)/t21-/m0/s1. The highest BCUT2D eigenvalue weighted by Crippen LogP contribution is 2.32. The summed E-state index contributed by atoms with van der Waals surface area (Å²) in [5.41, 5.74) is 2.33. The van der Waals surface area contributed by atoms with E-state index in [0.717, 1.165) is 55.7 Å². The number of amides is 1.